The second kappa shape index (κ2) is 5.89. The van der Waals surface area contributed by atoms with E-state index in [1.54, 1.807) is 18.2 Å². The summed E-state index contributed by atoms with van der Waals surface area (Å²) in [6.45, 7) is 0. The first-order valence-corrected chi connectivity index (χ1v) is 7.37. The molecule has 0 unspecified atom stereocenters. The Bertz CT molecular complexity index is 691. The van der Waals surface area contributed by atoms with E-state index < -0.39 is 15.7 Å². The van der Waals surface area contributed by atoms with Crippen molar-refractivity contribution in [3.8, 4) is 0 Å². The molecule has 2 aromatic rings. The van der Waals surface area contributed by atoms with Crippen LogP contribution < -0.4 is 5.48 Å². The minimum atomic E-state index is -3.54. The summed E-state index contributed by atoms with van der Waals surface area (Å²) in [6, 6.07) is 9.47. The largest absolute Gasteiger partial charge is 0.459 e. The number of rotatable bonds is 5. The smallest absolute Gasteiger partial charge is 0.310 e. The summed E-state index contributed by atoms with van der Waals surface area (Å²) in [5.41, 5.74) is 2.37. The maximum atomic E-state index is 12.2. The third kappa shape index (κ3) is 3.06. The minimum absolute atomic E-state index is 0.0774. The molecule has 1 aromatic carbocycles. The fraction of sp³-hybridized carbons (Fsp3) is 0.154. The minimum Gasteiger partial charge on any atom is -0.459 e. The number of furan rings is 1. The van der Waals surface area contributed by atoms with E-state index in [1.807, 2.05) is 0 Å². The molecule has 0 aliphatic rings. The lowest BCUT2D eigenvalue weighted by molar-refractivity contribution is 0.0509. The lowest BCUT2D eigenvalue weighted by Gasteiger charge is -2.05. The molecule has 7 heteroatoms. The zero-order valence-electron chi connectivity index (χ0n) is 10.7. The predicted molar refractivity (Wildman–Crippen MR) is 70.5 cm³/mol. The van der Waals surface area contributed by atoms with Crippen LogP contribution in [0, 0.1) is 0 Å². The van der Waals surface area contributed by atoms with E-state index in [0.29, 0.717) is 0 Å². The molecule has 1 heterocycles. The number of sulfone groups is 1. The Morgan fingerprint density at radius 3 is 2.60 bits per heavy atom. The van der Waals surface area contributed by atoms with Crippen LogP contribution in [0.5, 0.6) is 0 Å². The van der Waals surface area contributed by atoms with Crippen LogP contribution in [-0.4, -0.2) is 21.4 Å². The van der Waals surface area contributed by atoms with Gasteiger partial charge in [0.1, 0.15) is 0 Å². The normalized spacial score (nSPS) is 11.2. The van der Waals surface area contributed by atoms with Gasteiger partial charge in [0.05, 0.1) is 24.0 Å². The van der Waals surface area contributed by atoms with Crippen LogP contribution >= 0.6 is 0 Å². The van der Waals surface area contributed by atoms with Crippen molar-refractivity contribution < 1.29 is 22.5 Å². The molecule has 106 valence electrons. The van der Waals surface area contributed by atoms with Gasteiger partial charge in [0.15, 0.2) is 15.6 Å². The second-order valence-electron chi connectivity index (χ2n) is 3.98. The number of amides is 1. The van der Waals surface area contributed by atoms with Crippen LogP contribution in [-0.2, 0) is 20.4 Å². The third-order valence-corrected chi connectivity index (χ3v) is 4.28. The summed E-state index contributed by atoms with van der Waals surface area (Å²) in [7, 11) is -2.26. The lowest BCUT2D eigenvalue weighted by Crippen LogP contribution is -2.22. The molecule has 0 saturated carbocycles. The van der Waals surface area contributed by atoms with E-state index in [4.69, 9.17) is 4.42 Å². The number of benzene rings is 1. The molecule has 6 nitrogen and oxygen atoms in total. The van der Waals surface area contributed by atoms with E-state index in [2.05, 4.69) is 10.3 Å². The molecular formula is C13H13NO5S. The Balaban J connectivity index is 2.27. The van der Waals surface area contributed by atoms with Crippen molar-refractivity contribution in [1.29, 1.82) is 0 Å². The zero-order chi connectivity index (χ0) is 14.6. The Morgan fingerprint density at radius 1 is 1.25 bits per heavy atom. The molecule has 0 radical (unpaired) electrons. The van der Waals surface area contributed by atoms with Crippen LogP contribution in [0.25, 0.3) is 0 Å². The van der Waals surface area contributed by atoms with Crippen molar-refractivity contribution in [3.63, 3.8) is 0 Å². The molecule has 2 rings (SSSR count). The number of hydroxylamine groups is 1. The Labute approximate surface area is 116 Å². The van der Waals surface area contributed by atoms with Crippen LogP contribution in [0.2, 0.25) is 0 Å². The first kappa shape index (κ1) is 14.3. The molecule has 1 aromatic heterocycles. The van der Waals surface area contributed by atoms with Gasteiger partial charge in [0.25, 0.3) is 0 Å². The summed E-state index contributed by atoms with van der Waals surface area (Å²) in [5, 5.41) is 0. The van der Waals surface area contributed by atoms with Crippen LogP contribution in [0.3, 0.4) is 0 Å². The Kier molecular flexibility index (Phi) is 4.21. The van der Waals surface area contributed by atoms with Gasteiger partial charge < -0.3 is 4.42 Å². The van der Waals surface area contributed by atoms with Crippen molar-refractivity contribution in [2.24, 2.45) is 0 Å². The summed E-state index contributed by atoms with van der Waals surface area (Å²) in [4.78, 5) is 16.3. The van der Waals surface area contributed by atoms with Crippen molar-refractivity contribution in [2.45, 2.75) is 10.6 Å². The standard InChI is InChI=1S/C13H13NO5S/c1-18-14-13(15)12-10(7-8-19-12)9-20(16,17)11-5-3-2-4-6-11/h2-8H,9H2,1H3,(H,14,15). The molecule has 0 saturated heterocycles. The fourth-order valence-corrected chi connectivity index (χ4v) is 3.08. The summed E-state index contributed by atoms with van der Waals surface area (Å²) in [6.07, 6.45) is 1.26. The van der Waals surface area contributed by atoms with Gasteiger partial charge in [0.2, 0.25) is 0 Å². The van der Waals surface area contributed by atoms with Gasteiger partial charge in [-0.1, -0.05) is 18.2 Å². The van der Waals surface area contributed by atoms with E-state index in [1.165, 1.54) is 31.6 Å². The summed E-state index contributed by atoms with van der Waals surface area (Å²) < 4.78 is 29.5. The maximum Gasteiger partial charge on any atom is 0.310 e. The number of carbonyl (C=O) groups excluding carboxylic acids is 1. The van der Waals surface area contributed by atoms with Crippen LogP contribution in [0.1, 0.15) is 16.1 Å². The fourth-order valence-electron chi connectivity index (χ4n) is 1.70. The van der Waals surface area contributed by atoms with E-state index >= 15 is 0 Å². The molecule has 1 N–H and O–H groups in total. The highest BCUT2D eigenvalue weighted by atomic mass is 32.2. The second-order valence-corrected chi connectivity index (χ2v) is 5.97. The van der Waals surface area contributed by atoms with Gasteiger partial charge in [-0.25, -0.2) is 13.9 Å². The monoisotopic (exact) mass is 295 g/mol. The number of hydrogen-bond donors (Lipinski definition) is 1. The molecular weight excluding hydrogens is 282 g/mol. The van der Waals surface area contributed by atoms with Gasteiger partial charge in [-0.05, 0) is 18.2 Å². The number of hydrogen-bond acceptors (Lipinski definition) is 5. The van der Waals surface area contributed by atoms with Crippen molar-refractivity contribution in [3.05, 3.63) is 54.0 Å². The highest BCUT2D eigenvalue weighted by Gasteiger charge is 2.22. The first-order valence-electron chi connectivity index (χ1n) is 5.72. The Morgan fingerprint density at radius 2 is 1.95 bits per heavy atom. The average Bonchev–Trinajstić information content (AvgIpc) is 2.87. The number of nitrogens with one attached hydrogen (secondary N) is 1. The highest BCUT2D eigenvalue weighted by Crippen LogP contribution is 2.19. The highest BCUT2D eigenvalue weighted by molar-refractivity contribution is 7.90. The van der Waals surface area contributed by atoms with Gasteiger partial charge >= 0.3 is 5.91 Å². The molecule has 20 heavy (non-hydrogen) atoms. The third-order valence-electron chi connectivity index (χ3n) is 2.60. The van der Waals surface area contributed by atoms with Crippen molar-refractivity contribution in [1.82, 2.24) is 5.48 Å². The van der Waals surface area contributed by atoms with E-state index in [-0.39, 0.29) is 22.0 Å². The molecule has 0 aliphatic heterocycles. The molecule has 0 bridgehead atoms. The molecule has 1 amide bonds. The first-order chi connectivity index (χ1) is 9.54. The molecule has 0 spiro atoms. The predicted octanol–water partition coefficient (Wildman–Crippen LogP) is 1.54. The maximum absolute atomic E-state index is 12.2. The van der Waals surface area contributed by atoms with Crippen LogP contribution in [0.15, 0.2) is 52.0 Å². The summed E-state index contributed by atoms with van der Waals surface area (Å²) in [5.74, 6) is -1.03. The molecule has 0 aliphatic carbocycles. The van der Waals surface area contributed by atoms with Gasteiger partial charge in [-0.3, -0.25) is 9.63 Å². The topological polar surface area (TPSA) is 85.6 Å². The van der Waals surface area contributed by atoms with Gasteiger partial charge in [0, 0.05) is 5.56 Å². The van der Waals surface area contributed by atoms with Crippen LogP contribution in [0.4, 0.5) is 0 Å². The van der Waals surface area contributed by atoms with Crippen molar-refractivity contribution >= 4 is 15.7 Å². The lowest BCUT2D eigenvalue weighted by atomic mass is 10.3. The average molecular weight is 295 g/mol. The van der Waals surface area contributed by atoms with Gasteiger partial charge in [-0.15, -0.1) is 0 Å². The van der Waals surface area contributed by atoms with Gasteiger partial charge in [-0.2, -0.15) is 0 Å². The molecule has 0 atom stereocenters. The Hall–Kier alpha value is -2.12. The summed E-state index contributed by atoms with van der Waals surface area (Å²) >= 11 is 0. The zero-order valence-corrected chi connectivity index (χ0v) is 11.5. The molecule has 0 fully saturated rings. The quantitative estimate of drug-likeness (QED) is 0.846. The SMILES string of the molecule is CONC(=O)c1occc1CS(=O)(=O)c1ccccc1. The number of carbonyl (C=O) groups is 1. The van der Waals surface area contributed by atoms with Crippen molar-refractivity contribution in [2.75, 3.05) is 7.11 Å². The van der Waals surface area contributed by atoms with E-state index in [9.17, 15) is 13.2 Å². The van der Waals surface area contributed by atoms with E-state index in [0.717, 1.165) is 0 Å².